The molecule has 0 saturated heterocycles. The molecule has 0 N–H and O–H groups in total. The van der Waals surface area contributed by atoms with Crippen LogP contribution in [-0.2, 0) is 17.8 Å². The summed E-state index contributed by atoms with van der Waals surface area (Å²) in [6.07, 6.45) is 0. The predicted molar refractivity (Wildman–Crippen MR) is 42.9 cm³/mol. The molecular weight excluding hydrogens is 215 g/mol. The van der Waals surface area contributed by atoms with Crippen molar-refractivity contribution >= 4 is 35.6 Å². The zero-order valence-corrected chi connectivity index (χ0v) is 8.33. The fourth-order valence-corrected chi connectivity index (χ4v) is 0.203. The summed E-state index contributed by atoms with van der Waals surface area (Å²) >= 11 is 0. The van der Waals surface area contributed by atoms with Crippen molar-refractivity contribution in [1.82, 2.24) is 0 Å². The summed E-state index contributed by atoms with van der Waals surface area (Å²) in [6.45, 7) is 3.65. The van der Waals surface area contributed by atoms with Gasteiger partial charge in [-0.25, -0.2) is 0 Å². The van der Waals surface area contributed by atoms with E-state index in [1.807, 2.05) is 0 Å². The Balaban J connectivity index is 0. The molecule has 0 atom stereocenters. The first kappa shape index (κ1) is 13.6. The number of halogens is 2. The highest BCUT2D eigenvalue weighted by atomic mass is 36.0. The summed E-state index contributed by atoms with van der Waals surface area (Å²) in [7, 11) is 4.81. The van der Waals surface area contributed by atoms with Crippen LogP contribution in [0, 0.1) is 0 Å². The lowest BCUT2D eigenvalue weighted by Gasteiger charge is -1.89. The maximum Gasteiger partial charge on any atom is 0.317 e. The smallest absolute Gasteiger partial charge is 0.317 e. The maximum atomic E-state index is 9.82. The van der Waals surface area contributed by atoms with Gasteiger partial charge >= 0.3 is 14.2 Å². The van der Waals surface area contributed by atoms with E-state index >= 15 is 0 Å². The second kappa shape index (κ2) is 6.69. The van der Waals surface area contributed by atoms with E-state index in [9.17, 15) is 4.79 Å². The third kappa shape index (κ3) is 71.1. The molecule has 0 heterocycles. The Morgan fingerprint density at radius 2 is 1.73 bits per heavy atom. The van der Waals surface area contributed by atoms with Crippen molar-refractivity contribution in [2.45, 2.75) is 13.8 Å². The van der Waals surface area contributed by atoms with Crippen molar-refractivity contribution in [2.75, 3.05) is 6.61 Å². The van der Waals surface area contributed by atoms with Crippen LogP contribution in [0.4, 0.5) is 0 Å². The lowest BCUT2D eigenvalue weighted by atomic mass is 10.8. The normalized spacial score (nSPS) is 9.45. The summed E-state index contributed by atoms with van der Waals surface area (Å²) in [6, 6.07) is 0. The summed E-state index contributed by atoms with van der Waals surface area (Å²) in [5, 5.41) is 0. The molecule has 11 heavy (non-hydrogen) atoms. The highest BCUT2D eigenvalue weighted by Gasteiger charge is 1.88. The van der Waals surface area contributed by atoms with E-state index in [1.54, 1.807) is 6.92 Å². The molecule has 4 nitrogen and oxygen atoms in total. The SMILES string of the molecule is CCOC(C)=O.O=S(=O)(Cl)Cl. The Kier molecular flexibility index (Phi) is 8.26. The number of hydrogen-bond donors (Lipinski definition) is 0. The molecule has 0 fully saturated rings. The minimum absolute atomic E-state index is 0.211. The van der Waals surface area contributed by atoms with Gasteiger partial charge in [-0.15, -0.1) is 0 Å². The molecule has 0 radical (unpaired) electrons. The van der Waals surface area contributed by atoms with Gasteiger partial charge in [-0.05, 0) is 6.92 Å². The van der Waals surface area contributed by atoms with Gasteiger partial charge in [0, 0.05) is 28.3 Å². The Labute approximate surface area is 74.4 Å². The molecule has 0 amide bonds. The Bertz CT molecular complexity index is 190. The molecule has 0 bridgehead atoms. The van der Waals surface area contributed by atoms with E-state index < -0.39 is 8.26 Å². The van der Waals surface area contributed by atoms with Crippen LogP contribution >= 0.6 is 21.4 Å². The van der Waals surface area contributed by atoms with Crippen molar-refractivity contribution in [3.8, 4) is 0 Å². The first-order chi connectivity index (χ1) is 4.77. The quantitative estimate of drug-likeness (QED) is 0.496. The molecule has 7 heteroatoms. The lowest BCUT2D eigenvalue weighted by Crippen LogP contribution is -1.95. The molecule has 0 aromatic heterocycles. The fourth-order valence-electron chi connectivity index (χ4n) is 0.203. The largest absolute Gasteiger partial charge is 0.466 e. The molecule has 0 unspecified atom stereocenters. The topological polar surface area (TPSA) is 60.4 Å². The van der Waals surface area contributed by atoms with Crippen molar-refractivity contribution in [3.05, 3.63) is 0 Å². The van der Waals surface area contributed by atoms with E-state index in [4.69, 9.17) is 8.42 Å². The maximum absolute atomic E-state index is 9.82. The molecule has 0 rings (SSSR count). The van der Waals surface area contributed by atoms with E-state index in [-0.39, 0.29) is 5.97 Å². The van der Waals surface area contributed by atoms with Gasteiger partial charge in [-0.3, -0.25) is 4.79 Å². The molecule has 0 saturated carbocycles. The predicted octanol–water partition coefficient (Wildman–Crippen LogP) is 1.28. The number of rotatable bonds is 1. The van der Waals surface area contributed by atoms with E-state index in [1.165, 1.54) is 6.92 Å². The minimum atomic E-state index is -3.72. The van der Waals surface area contributed by atoms with Gasteiger partial charge in [-0.2, -0.15) is 8.42 Å². The fraction of sp³-hybridized carbons (Fsp3) is 0.750. The van der Waals surface area contributed by atoms with Crippen LogP contribution in [-0.4, -0.2) is 21.0 Å². The third-order valence-electron chi connectivity index (χ3n) is 0.348. The summed E-state index contributed by atoms with van der Waals surface area (Å²) in [4.78, 5) is 9.82. The van der Waals surface area contributed by atoms with Gasteiger partial charge in [0.15, 0.2) is 0 Å². The van der Waals surface area contributed by atoms with Gasteiger partial charge in [-0.1, -0.05) is 0 Å². The summed E-state index contributed by atoms with van der Waals surface area (Å²) in [5.41, 5.74) is 0. The van der Waals surface area contributed by atoms with Crippen LogP contribution in [0.5, 0.6) is 0 Å². The molecule has 0 aliphatic rings. The average molecular weight is 223 g/mol. The highest BCUT2D eigenvalue weighted by molar-refractivity contribution is 8.31. The van der Waals surface area contributed by atoms with Crippen molar-refractivity contribution in [3.63, 3.8) is 0 Å². The Hall–Kier alpha value is -0.000000000000000111. The molecule has 0 spiro atoms. The van der Waals surface area contributed by atoms with Crippen LogP contribution in [0.2, 0.25) is 0 Å². The standard InChI is InChI=1S/C4H8O2.Cl2O2S/c1-3-6-4(2)5;1-5(2,3)4/h3H2,1-2H3;. The van der Waals surface area contributed by atoms with Crippen LogP contribution < -0.4 is 0 Å². The summed E-state index contributed by atoms with van der Waals surface area (Å²) in [5.74, 6) is -0.211. The van der Waals surface area contributed by atoms with Gasteiger partial charge in [0.25, 0.3) is 0 Å². The molecular formula is C4H8Cl2O4S. The van der Waals surface area contributed by atoms with Gasteiger partial charge in [0.1, 0.15) is 0 Å². The number of esters is 1. The van der Waals surface area contributed by atoms with Crippen LogP contribution in [0.25, 0.3) is 0 Å². The average Bonchev–Trinajstić information content (AvgIpc) is 1.58. The zero-order valence-electron chi connectivity index (χ0n) is 6.00. The minimum Gasteiger partial charge on any atom is -0.466 e. The monoisotopic (exact) mass is 222 g/mol. The third-order valence-corrected chi connectivity index (χ3v) is 0.348. The van der Waals surface area contributed by atoms with Gasteiger partial charge in [0.2, 0.25) is 0 Å². The second-order valence-electron chi connectivity index (χ2n) is 1.30. The zero-order chi connectivity index (χ0) is 9.49. The molecule has 0 aromatic carbocycles. The second-order valence-corrected chi connectivity index (χ2v) is 4.97. The first-order valence-corrected chi connectivity index (χ1v) is 5.68. The van der Waals surface area contributed by atoms with Crippen molar-refractivity contribution in [1.29, 1.82) is 0 Å². The number of ether oxygens (including phenoxy) is 1. The number of hydrogen-bond acceptors (Lipinski definition) is 4. The summed E-state index contributed by atoms with van der Waals surface area (Å²) < 4.78 is 22.7. The van der Waals surface area contributed by atoms with E-state index in [2.05, 4.69) is 26.1 Å². The highest BCUT2D eigenvalue weighted by Crippen LogP contribution is 1.98. The number of carbonyl (C=O) groups excluding carboxylic acids is 1. The van der Waals surface area contributed by atoms with Crippen LogP contribution in [0.3, 0.4) is 0 Å². The molecule has 0 aliphatic heterocycles. The van der Waals surface area contributed by atoms with Crippen LogP contribution in [0.15, 0.2) is 0 Å². The Morgan fingerprint density at radius 1 is 1.45 bits per heavy atom. The van der Waals surface area contributed by atoms with Crippen LogP contribution in [0.1, 0.15) is 13.8 Å². The number of carbonyl (C=O) groups is 1. The first-order valence-electron chi connectivity index (χ1n) is 2.55. The van der Waals surface area contributed by atoms with Gasteiger partial charge in [0.05, 0.1) is 6.61 Å². The van der Waals surface area contributed by atoms with E-state index in [0.29, 0.717) is 6.61 Å². The van der Waals surface area contributed by atoms with E-state index in [0.717, 1.165) is 0 Å². The molecule has 0 aromatic rings. The van der Waals surface area contributed by atoms with Gasteiger partial charge < -0.3 is 4.74 Å². The molecule has 0 aliphatic carbocycles. The lowest BCUT2D eigenvalue weighted by molar-refractivity contribution is -0.140. The van der Waals surface area contributed by atoms with Crippen molar-refractivity contribution in [2.24, 2.45) is 0 Å². The molecule has 68 valence electrons. The van der Waals surface area contributed by atoms with Crippen molar-refractivity contribution < 1.29 is 17.9 Å². The Morgan fingerprint density at radius 3 is 1.73 bits per heavy atom.